The minimum Gasteiger partial charge on any atom is -0.378 e. The predicted molar refractivity (Wildman–Crippen MR) is 165 cm³/mol. The summed E-state index contributed by atoms with van der Waals surface area (Å²) in [4.78, 5) is 18.0. The summed E-state index contributed by atoms with van der Waals surface area (Å²) in [5.74, 6) is 0.197. The molecular formula is C36H40N2O2. The van der Waals surface area contributed by atoms with Crippen LogP contribution in [0.15, 0.2) is 103 Å². The fourth-order valence-corrected chi connectivity index (χ4v) is 5.61. The SMILES string of the molecule is CN(C)C(CCCc1ccccc1-c1ccccc1)C(=O)c1ccc(Cc2ccc(N3CCOCC3)cc2)cc1. The van der Waals surface area contributed by atoms with E-state index in [1.54, 1.807) is 0 Å². The fourth-order valence-electron chi connectivity index (χ4n) is 5.61. The van der Waals surface area contributed by atoms with Gasteiger partial charge in [-0.25, -0.2) is 0 Å². The van der Waals surface area contributed by atoms with Crippen molar-refractivity contribution in [1.29, 1.82) is 0 Å². The normalized spacial score (nSPS) is 14.3. The van der Waals surface area contributed by atoms with E-state index in [1.807, 2.05) is 26.2 Å². The quantitative estimate of drug-likeness (QED) is 0.196. The van der Waals surface area contributed by atoms with Crippen molar-refractivity contribution in [3.05, 3.63) is 125 Å². The van der Waals surface area contributed by atoms with Crippen LogP contribution in [-0.2, 0) is 17.6 Å². The summed E-state index contributed by atoms with van der Waals surface area (Å²) in [7, 11) is 4.02. The van der Waals surface area contributed by atoms with Gasteiger partial charge in [0.15, 0.2) is 5.78 Å². The highest BCUT2D eigenvalue weighted by Gasteiger charge is 2.22. The summed E-state index contributed by atoms with van der Waals surface area (Å²) in [5.41, 5.74) is 8.39. The molecule has 0 amide bonds. The van der Waals surface area contributed by atoms with Gasteiger partial charge in [0.1, 0.15) is 0 Å². The Kier molecular flexibility index (Phi) is 9.43. The molecule has 40 heavy (non-hydrogen) atoms. The van der Waals surface area contributed by atoms with Crippen LogP contribution in [0.3, 0.4) is 0 Å². The summed E-state index contributed by atoms with van der Waals surface area (Å²) in [6, 6.07) is 36.1. The molecule has 206 valence electrons. The highest BCUT2D eigenvalue weighted by molar-refractivity contribution is 6.00. The standard InChI is InChI=1S/C36H40N2O2/c1-37(2)35(14-8-12-31-11-6-7-13-34(31)30-9-4-3-5-10-30)36(39)32-19-15-28(16-20-32)27-29-17-21-33(22-18-29)38-23-25-40-26-24-38/h3-7,9-11,13,15-22,35H,8,12,14,23-27H2,1-2H3. The molecule has 0 aromatic heterocycles. The number of nitrogens with zero attached hydrogens (tertiary/aromatic N) is 2. The van der Waals surface area contributed by atoms with E-state index in [1.165, 1.54) is 33.5 Å². The third kappa shape index (κ3) is 7.07. The van der Waals surface area contributed by atoms with Crippen LogP contribution < -0.4 is 4.90 Å². The van der Waals surface area contributed by atoms with Crippen LogP contribution in [0.2, 0.25) is 0 Å². The van der Waals surface area contributed by atoms with Crippen LogP contribution in [0.5, 0.6) is 0 Å². The Morgan fingerprint density at radius 1 is 0.800 bits per heavy atom. The molecule has 0 aliphatic carbocycles. The van der Waals surface area contributed by atoms with Crippen molar-refractivity contribution in [2.45, 2.75) is 31.7 Å². The van der Waals surface area contributed by atoms with Crippen LogP contribution >= 0.6 is 0 Å². The van der Waals surface area contributed by atoms with E-state index in [-0.39, 0.29) is 11.8 Å². The smallest absolute Gasteiger partial charge is 0.179 e. The van der Waals surface area contributed by atoms with Crippen molar-refractivity contribution in [3.63, 3.8) is 0 Å². The lowest BCUT2D eigenvalue weighted by atomic mass is 9.93. The molecule has 1 aliphatic rings. The van der Waals surface area contributed by atoms with Gasteiger partial charge in [0.25, 0.3) is 0 Å². The van der Waals surface area contributed by atoms with Gasteiger partial charge in [0.2, 0.25) is 0 Å². The van der Waals surface area contributed by atoms with Crippen LogP contribution in [0.1, 0.15) is 39.9 Å². The number of Topliss-reactive ketones (excluding diaryl/α,β-unsaturated/α-hetero) is 1. The summed E-state index contributed by atoms with van der Waals surface area (Å²) in [6.07, 6.45) is 3.59. The van der Waals surface area contributed by atoms with Gasteiger partial charge < -0.3 is 9.64 Å². The average Bonchev–Trinajstić information content (AvgIpc) is 3.01. The molecule has 5 rings (SSSR count). The van der Waals surface area contributed by atoms with Gasteiger partial charge in [0.05, 0.1) is 19.3 Å². The number of benzene rings is 4. The first-order valence-electron chi connectivity index (χ1n) is 14.4. The highest BCUT2D eigenvalue weighted by Crippen LogP contribution is 2.26. The monoisotopic (exact) mass is 532 g/mol. The second-order valence-electron chi connectivity index (χ2n) is 10.9. The summed E-state index contributed by atoms with van der Waals surface area (Å²) in [5, 5.41) is 0. The molecule has 0 spiro atoms. The molecule has 0 saturated carbocycles. The molecule has 0 N–H and O–H groups in total. The maximum atomic E-state index is 13.5. The average molecular weight is 533 g/mol. The number of rotatable bonds is 11. The van der Waals surface area contributed by atoms with E-state index < -0.39 is 0 Å². The van der Waals surface area contributed by atoms with Crippen molar-refractivity contribution < 1.29 is 9.53 Å². The number of carbonyl (C=O) groups is 1. The van der Waals surface area contributed by atoms with Crippen molar-refractivity contribution in [1.82, 2.24) is 4.90 Å². The zero-order valence-corrected chi connectivity index (χ0v) is 23.8. The first kappa shape index (κ1) is 27.8. The third-order valence-corrected chi connectivity index (χ3v) is 7.91. The lowest BCUT2D eigenvalue weighted by molar-refractivity contribution is 0.0864. The summed E-state index contributed by atoms with van der Waals surface area (Å²) >= 11 is 0. The Morgan fingerprint density at radius 3 is 2.10 bits per heavy atom. The Labute approximate surface area is 239 Å². The minimum atomic E-state index is -0.137. The first-order valence-corrected chi connectivity index (χ1v) is 14.4. The topological polar surface area (TPSA) is 32.8 Å². The lowest BCUT2D eigenvalue weighted by Gasteiger charge is -2.28. The Morgan fingerprint density at radius 2 is 1.43 bits per heavy atom. The minimum absolute atomic E-state index is 0.137. The van der Waals surface area contributed by atoms with E-state index in [9.17, 15) is 4.79 Å². The van der Waals surface area contributed by atoms with Gasteiger partial charge >= 0.3 is 0 Å². The van der Waals surface area contributed by atoms with Crippen molar-refractivity contribution >= 4 is 11.5 Å². The van der Waals surface area contributed by atoms with Crippen LogP contribution in [0, 0.1) is 0 Å². The van der Waals surface area contributed by atoms with Gasteiger partial charge in [0, 0.05) is 24.3 Å². The molecule has 4 aromatic rings. The van der Waals surface area contributed by atoms with E-state index in [0.29, 0.717) is 0 Å². The Hall–Kier alpha value is -3.73. The second-order valence-corrected chi connectivity index (χ2v) is 10.9. The molecule has 1 atom stereocenters. The summed E-state index contributed by atoms with van der Waals surface area (Å²) < 4.78 is 5.47. The fraction of sp³-hybridized carbons (Fsp3) is 0.306. The number of aryl methyl sites for hydroxylation is 1. The zero-order chi connectivity index (χ0) is 27.7. The van der Waals surface area contributed by atoms with Gasteiger partial charge in [-0.3, -0.25) is 9.69 Å². The molecule has 1 unspecified atom stereocenters. The van der Waals surface area contributed by atoms with Crippen LogP contribution in [-0.4, -0.2) is 57.1 Å². The van der Waals surface area contributed by atoms with Gasteiger partial charge in [-0.2, -0.15) is 0 Å². The van der Waals surface area contributed by atoms with E-state index in [4.69, 9.17) is 4.74 Å². The van der Waals surface area contributed by atoms with Gasteiger partial charge in [-0.1, -0.05) is 91.0 Å². The largest absolute Gasteiger partial charge is 0.378 e. The molecule has 4 heteroatoms. The number of carbonyl (C=O) groups excluding carboxylic acids is 1. The molecule has 1 fully saturated rings. The molecule has 0 radical (unpaired) electrons. The second kappa shape index (κ2) is 13.6. The zero-order valence-electron chi connectivity index (χ0n) is 23.8. The maximum absolute atomic E-state index is 13.5. The van der Waals surface area contributed by atoms with Gasteiger partial charge in [-0.05, 0) is 79.7 Å². The number of ether oxygens (including phenoxy) is 1. The molecule has 1 heterocycles. The van der Waals surface area contributed by atoms with Crippen LogP contribution in [0.25, 0.3) is 11.1 Å². The predicted octanol–water partition coefficient (Wildman–Crippen LogP) is 6.92. The number of likely N-dealkylation sites (N-methyl/N-ethyl adjacent to an activating group) is 1. The first-order chi connectivity index (χ1) is 19.6. The van der Waals surface area contributed by atoms with Crippen molar-refractivity contribution in [2.75, 3.05) is 45.3 Å². The molecular weight excluding hydrogens is 492 g/mol. The van der Waals surface area contributed by atoms with Gasteiger partial charge in [-0.15, -0.1) is 0 Å². The highest BCUT2D eigenvalue weighted by atomic mass is 16.5. The van der Waals surface area contributed by atoms with E-state index in [2.05, 4.69) is 101 Å². The lowest BCUT2D eigenvalue weighted by Crippen LogP contribution is -2.36. The number of hydrogen-bond acceptors (Lipinski definition) is 4. The Balaban J connectivity index is 1.18. The number of hydrogen-bond donors (Lipinski definition) is 0. The molecule has 1 aliphatic heterocycles. The molecule has 4 aromatic carbocycles. The number of anilines is 1. The Bertz CT molecular complexity index is 1360. The molecule has 1 saturated heterocycles. The van der Waals surface area contributed by atoms with Crippen molar-refractivity contribution in [2.24, 2.45) is 0 Å². The van der Waals surface area contributed by atoms with Crippen LogP contribution in [0.4, 0.5) is 5.69 Å². The number of morpholine rings is 1. The molecule has 0 bridgehead atoms. The number of ketones is 1. The third-order valence-electron chi connectivity index (χ3n) is 7.91. The van der Waals surface area contributed by atoms with Crippen molar-refractivity contribution in [3.8, 4) is 11.1 Å². The maximum Gasteiger partial charge on any atom is 0.179 e. The van der Waals surface area contributed by atoms with E-state index >= 15 is 0 Å². The van der Waals surface area contributed by atoms with E-state index in [0.717, 1.165) is 57.6 Å². The summed E-state index contributed by atoms with van der Waals surface area (Å²) in [6.45, 7) is 3.49. The molecule has 4 nitrogen and oxygen atoms in total.